The molecular formula is C30H37NO6S2. The molecule has 1 aromatic carbocycles. The number of aromatic nitrogens is 1. The highest BCUT2D eigenvalue weighted by Crippen LogP contribution is 2.45. The molecule has 4 rings (SSSR count). The zero-order valence-electron chi connectivity index (χ0n) is 22.5. The Morgan fingerprint density at radius 3 is 2.56 bits per heavy atom. The molecule has 39 heavy (non-hydrogen) atoms. The van der Waals surface area contributed by atoms with Crippen LogP contribution >= 0.6 is 21.6 Å². The number of hydrogen-bond acceptors (Lipinski definition) is 8. The lowest BCUT2D eigenvalue weighted by Gasteiger charge is -2.36. The SMILES string of the molecule is COc1cc(C2CSSCC(c3cc[nH]c3)C(CC3C=CC=CC3C)C(OC(C)=O)CC(=O)C2)cc(O)c1O. The fourth-order valence-corrected chi connectivity index (χ4v) is 8.35. The van der Waals surface area contributed by atoms with Gasteiger partial charge < -0.3 is 24.7 Å². The summed E-state index contributed by atoms with van der Waals surface area (Å²) in [4.78, 5) is 29.1. The second kappa shape index (κ2) is 13.5. The van der Waals surface area contributed by atoms with Crippen molar-refractivity contribution in [1.29, 1.82) is 0 Å². The van der Waals surface area contributed by atoms with Crippen LogP contribution in [0.15, 0.2) is 54.9 Å². The molecule has 9 heteroatoms. The Balaban J connectivity index is 1.68. The van der Waals surface area contributed by atoms with Crippen LogP contribution in [0.5, 0.6) is 17.2 Å². The van der Waals surface area contributed by atoms with E-state index in [0.717, 1.165) is 23.3 Å². The van der Waals surface area contributed by atoms with E-state index in [0.29, 0.717) is 11.7 Å². The smallest absolute Gasteiger partial charge is 0.302 e. The summed E-state index contributed by atoms with van der Waals surface area (Å²) in [5.41, 5.74) is 1.86. The minimum absolute atomic E-state index is 0.00442. The second-order valence-corrected chi connectivity index (χ2v) is 12.9. The summed E-state index contributed by atoms with van der Waals surface area (Å²) in [6, 6.07) is 5.25. The number of Topliss-reactive ketones (excluding diaryl/α,β-unsaturated/α-hetero) is 1. The maximum Gasteiger partial charge on any atom is 0.302 e. The molecule has 2 heterocycles. The van der Waals surface area contributed by atoms with Crippen LogP contribution in [-0.4, -0.2) is 51.7 Å². The Hall–Kier alpha value is -2.78. The molecular weight excluding hydrogens is 534 g/mol. The standard InChI is InChI=1S/C30H37NO6S2/c1-18-6-4-5-7-20(18)11-25-26(21-8-9-31-15-21)17-39-38-16-23(10-24(33)14-28(25)37-19(2)32)22-12-27(34)30(35)29(13-22)36-3/h4-9,12-13,15,18,20,23,25-26,28,31,34-35H,10-11,14,16-17H2,1-3H3. The quantitative estimate of drug-likeness (QED) is 0.209. The highest BCUT2D eigenvalue weighted by atomic mass is 33.1. The van der Waals surface area contributed by atoms with Crippen LogP contribution in [0.3, 0.4) is 0 Å². The number of aromatic hydroxyl groups is 2. The third kappa shape index (κ3) is 7.45. The van der Waals surface area contributed by atoms with Gasteiger partial charge in [0.1, 0.15) is 11.9 Å². The molecule has 6 unspecified atom stereocenters. The van der Waals surface area contributed by atoms with E-state index in [4.69, 9.17) is 9.47 Å². The molecule has 0 radical (unpaired) electrons. The third-order valence-electron chi connectivity index (χ3n) is 7.74. The van der Waals surface area contributed by atoms with Gasteiger partial charge in [-0.05, 0) is 47.6 Å². The van der Waals surface area contributed by atoms with Crippen molar-refractivity contribution >= 4 is 33.3 Å². The number of phenolic OH excluding ortho intramolecular Hbond substituents is 2. The van der Waals surface area contributed by atoms with Gasteiger partial charge in [0.2, 0.25) is 5.75 Å². The molecule has 1 aromatic heterocycles. The first kappa shape index (κ1) is 29.2. The van der Waals surface area contributed by atoms with E-state index in [1.807, 2.05) is 12.4 Å². The van der Waals surface area contributed by atoms with Crippen LogP contribution in [0.2, 0.25) is 0 Å². The number of H-pyrrole nitrogens is 1. The molecule has 1 aliphatic heterocycles. The number of ketones is 1. The number of phenols is 2. The maximum atomic E-state index is 13.6. The molecule has 0 bridgehead atoms. The molecule has 1 saturated heterocycles. The van der Waals surface area contributed by atoms with Gasteiger partial charge in [0, 0.05) is 61.4 Å². The van der Waals surface area contributed by atoms with E-state index in [9.17, 15) is 19.8 Å². The zero-order chi connectivity index (χ0) is 27.9. The Morgan fingerprint density at radius 2 is 1.87 bits per heavy atom. The van der Waals surface area contributed by atoms with Gasteiger partial charge in [-0.2, -0.15) is 0 Å². The van der Waals surface area contributed by atoms with Crippen molar-refractivity contribution in [2.75, 3.05) is 18.6 Å². The first-order valence-electron chi connectivity index (χ1n) is 13.3. The number of allylic oxidation sites excluding steroid dienone is 4. The lowest BCUT2D eigenvalue weighted by Crippen LogP contribution is -2.36. The minimum atomic E-state index is -0.562. The van der Waals surface area contributed by atoms with Crippen molar-refractivity contribution in [2.24, 2.45) is 17.8 Å². The summed E-state index contributed by atoms with van der Waals surface area (Å²) < 4.78 is 11.2. The first-order valence-corrected chi connectivity index (χ1v) is 15.8. The summed E-state index contributed by atoms with van der Waals surface area (Å²) in [5.74, 6) is 1.03. The zero-order valence-corrected chi connectivity index (χ0v) is 24.2. The molecule has 0 amide bonds. The molecule has 0 saturated carbocycles. The van der Waals surface area contributed by atoms with Crippen LogP contribution in [0, 0.1) is 17.8 Å². The number of aromatic amines is 1. The van der Waals surface area contributed by atoms with Crippen LogP contribution in [0.4, 0.5) is 0 Å². The van der Waals surface area contributed by atoms with Gasteiger partial charge >= 0.3 is 5.97 Å². The Bertz CT molecular complexity index is 1190. The molecule has 1 fully saturated rings. The van der Waals surface area contributed by atoms with Gasteiger partial charge in [0.15, 0.2) is 11.5 Å². The predicted molar refractivity (Wildman–Crippen MR) is 156 cm³/mol. The molecule has 0 spiro atoms. The molecule has 7 nitrogen and oxygen atoms in total. The Morgan fingerprint density at radius 1 is 1.10 bits per heavy atom. The number of benzene rings is 1. The van der Waals surface area contributed by atoms with Crippen molar-refractivity contribution in [2.45, 2.75) is 51.0 Å². The number of ether oxygens (including phenoxy) is 2. The van der Waals surface area contributed by atoms with Gasteiger partial charge in [-0.3, -0.25) is 9.59 Å². The Kier molecular flexibility index (Phi) is 10.1. The first-order chi connectivity index (χ1) is 18.8. The molecule has 3 N–H and O–H groups in total. The van der Waals surface area contributed by atoms with E-state index in [1.165, 1.54) is 20.1 Å². The molecule has 2 aliphatic rings. The minimum Gasteiger partial charge on any atom is -0.504 e. The van der Waals surface area contributed by atoms with Crippen molar-refractivity contribution in [3.05, 3.63) is 66.0 Å². The highest BCUT2D eigenvalue weighted by molar-refractivity contribution is 8.76. The summed E-state index contributed by atoms with van der Waals surface area (Å²) in [5, 5.41) is 20.4. The maximum absolute atomic E-state index is 13.6. The van der Waals surface area contributed by atoms with Crippen LogP contribution in [-0.2, 0) is 14.3 Å². The lowest BCUT2D eigenvalue weighted by molar-refractivity contribution is -0.151. The van der Waals surface area contributed by atoms with Gasteiger partial charge in [0.05, 0.1) is 7.11 Å². The summed E-state index contributed by atoms with van der Waals surface area (Å²) in [6.07, 6.45) is 13.1. The number of methoxy groups -OCH3 is 1. The third-order valence-corrected chi connectivity index (χ3v) is 10.3. The molecule has 6 atom stereocenters. The number of nitrogens with one attached hydrogen (secondary N) is 1. The number of carbonyl (C=O) groups excluding carboxylic acids is 2. The summed E-state index contributed by atoms with van der Waals surface area (Å²) >= 11 is 0. The van der Waals surface area contributed by atoms with Crippen LogP contribution in [0.1, 0.15) is 56.1 Å². The second-order valence-electron chi connectivity index (χ2n) is 10.4. The fourth-order valence-electron chi connectivity index (χ4n) is 5.59. The number of carbonyl (C=O) groups is 2. The van der Waals surface area contributed by atoms with Gasteiger partial charge in [-0.25, -0.2) is 0 Å². The predicted octanol–water partition coefficient (Wildman–Crippen LogP) is 6.36. The van der Waals surface area contributed by atoms with E-state index in [-0.39, 0.29) is 65.5 Å². The summed E-state index contributed by atoms with van der Waals surface area (Å²) in [7, 11) is 4.86. The van der Waals surface area contributed by atoms with Crippen molar-refractivity contribution in [1.82, 2.24) is 4.98 Å². The monoisotopic (exact) mass is 571 g/mol. The number of rotatable bonds is 6. The normalized spacial score (nSPS) is 28.0. The van der Waals surface area contributed by atoms with Gasteiger partial charge in [-0.1, -0.05) is 52.8 Å². The average molecular weight is 572 g/mol. The van der Waals surface area contributed by atoms with Crippen LogP contribution in [0.25, 0.3) is 0 Å². The largest absolute Gasteiger partial charge is 0.504 e. The van der Waals surface area contributed by atoms with Crippen molar-refractivity contribution < 1.29 is 29.3 Å². The van der Waals surface area contributed by atoms with E-state index < -0.39 is 6.10 Å². The van der Waals surface area contributed by atoms with Crippen molar-refractivity contribution in [3.63, 3.8) is 0 Å². The topological polar surface area (TPSA) is 109 Å². The fraction of sp³-hybridized carbons (Fsp3) is 0.467. The summed E-state index contributed by atoms with van der Waals surface area (Å²) in [6.45, 7) is 3.60. The molecule has 210 valence electrons. The van der Waals surface area contributed by atoms with Crippen LogP contribution < -0.4 is 4.74 Å². The van der Waals surface area contributed by atoms with Gasteiger partial charge in [0.25, 0.3) is 0 Å². The number of esters is 1. The molecule has 2 aromatic rings. The van der Waals surface area contributed by atoms with Gasteiger partial charge in [-0.15, -0.1) is 0 Å². The molecule has 1 aliphatic carbocycles. The number of hydrogen-bond donors (Lipinski definition) is 3. The highest BCUT2D eigenvalue weighted by Gasteiger charge is 2.38. The van der Waals surface area contributed by atoms with Crippen molar-refractivity contribution in [3.8, 4) is 17.2 Å². The van der Waals surface area contributed by atoms with E-state index >= 15 is 0 Å². The van der Waals surface area contributed by atoms with E-state index in [1.54, 1.807) is 27.7 Å². The van der Waals surface area contributed by atoms with E-state index in [2.05, 4.69) is 42.3 Å². The Labute approximate surface area is 237 Å². The lowest BCUT2D eigenvalue weighted by atomic mass is 9.73. The average Bonchev–Trinajstić information content (AvgIpc) is 3.42.